The lowest BCUT2D eigenvalue weighted by molar-refractivity contribution is -0.163. The van der Waals surface area contributed by atoms with E-state index in [1.807, 2.05) is 27.7 Å². The largest absolute Gasteiger partial charge is 0.497 e. The van der Waals surface area contributed by atoms with E-state index in [9.17, 15) is 57.8 Å². The van der Waals surface area contributed by atoms with Crippen LogP contribution in [0.3, 0.4) is 0 Å². The van der Waals surface area contributed by atoms with Gasteiger partial charge in [0.25, 0.3) is 5.91 Å². The summed E-state index contributed by atoms with van der Waals surface area (Å²) in [6, 6.07) is -2.32. The number of likely N-dealkylation sites (tertiary alicyclic amines) is 1. The van der Waals surface area contributed by atoms with Crippen LogP contribution in [-0.4, -0.2) is 184 Å². The highest BCUT2D eigenvalue weighted by Crippen LogP contribution is 2.27. The first-order chi connectivity index (χ1) is 37.0. The topological polar surface area (TPSA) is 285 Å². The van der Waals surface area contributed by atoms with E-state index in [0.29, 0.717) is 30.6 Å². The van der Waals surface area contributed by atoms with Gasteiger partial charge in [0, 0.05) is 40.5 Å². The van der Waals surface area contributed by atoms with Crippen molar-refractivity contribution < 1.29 is 72.1 Å². The van der Waals surface area contributed by atoms with Gasteiger partial charge >= 0.3 is 11.9 Å². The number of ether oxygens (including phenoxy) is 3. The van der Waals surface area contributed by atoms with E-state index < -0.39 is 150 Å². The van der Waals surface area contributed by atoms with Gasteiger partial charge in [-0.25, -0.2) is 4.79 Å². The fourth-order valence-electron chi connectivity index (χ4n) is 10.5. The highest BCUT2D eigenvalue weighted by molar-refractivity contribution is 6.35. The number of aliphatic hydroxyl groups excluding tert-OH is 1. The fraction of sp³-hybridized carbons (Fsp3) is 0.702. The molecule has 12 atom stereocenters. The number of hydrogen-bond donors (Lipinski definition) is 4. The van der Waals surface area contributed by atoms with Crippen LogP contribution in [0.1, 0.15) is 133 Å². The van der Waals surface area contributed by atoms with Crippen molar-refractivity contribution in [2.75, 3.05) is 34.3 Å². The van der Waals surface area contributed by atoms with Crippen LogP contribution in [-0.2, 0) is 68.6 Å². The number of carbonyl (C=O) groups excluding carboxylic acids is 11. The molecule has 3 heterocycles. The Morgan fingerprint density at radius 1 is 0.861 bits per heavy atom. The molecule has 0 aromatic heterocycles. The number of esters is 2. The molecule has 22 heteroatoms. The summed E-state index contributed by atoms with van der Waals surface area (Å²) in [5, 5.41) is 20.1. The molecule has 0 bridgehead atoms. The highest BCUT2D eigenvalue weighted by Gasteiger charge is 2.46. The predicted octanol–water partition coefficient (Wildman–Crippen LogP) is 2.52. The number of aliphatic hydroxyl groups is 1. The van der Waals surface area contributed by atoms with Gasteiger partial charge in [-0.1, -0.05) is 73.9 Å². The minimum atomic E-state index is -1.78. The number of rotatable bonds is 15. The van der Waals surface area contributed by atoms with Crippen LogP contribution >= 0.6 is 0 Å². The van der Waals surface area contributed by atoms with E-state index >= 15 is 0 Å². The number of likely N-dealkylation sites (N-methyl/N-ethyl adjacent to an activating group) is 2. The summed E-state index contributed by atoms with van der Waals surface area (Å²) in [6.07, 6.45) is -3.76. The molecule has 0 aliphatic carbocycles. The number of nitrogens with one attached hydrogen (secondary N) is 3. The van der Waals surface area contributed by atoms with Crippen LogP contribution < -0.4 is 20.7 Å². The molecule has 0 saturated carbocycles. The van der Waals surface area contributed by atoms with Gasteiger partial charge in [-0.05, 0) is 93.7 Å². The Morgan fingerprint density at radius 2 is 1.49 bits per heavy atom. The molecule has 440 valence electrons. The van der Waals surface area contributed by atoms with Crippen LogP contribution in [0.2, 0.25) is 0 Å². The Morgan fingerprint density at radius 3 is 2.06 bits per heavy atom. The average molecular weight is 1110 g/mol. The SMILES string of the molecule is CC[C@H](C)[C@H]1NC(=O)[C@@H](NC(=O)[C@H](CC(C)C)N(C)C(=O)[C@@H]2CCCN2C(=O)C(C)=O)[C@@H](C)OC(=O)[C@H](Cc2ccc(OC)cc2)N(C)C(=O)[C@@H]2CCCN2C(=O)[C@H](CC(C)C)NC(=O)[C@@H](C)C(=O)[C@H](C(C)C)OC(=O)C[C@@H]1O. The second-order valence-electron chi connectivity index (χ2n) is 22.8. The zero-order valence-electron chi connectivity index (χ0n) is 48.7. The van der Waals surface area contributed by atoms with Crippen molar-refractivity contribution in [1.29, 1.82) is 0 Å². The van der Waals surface area contributed by atoms with Crippen molar-refractivity contribution >= 4 is 64.9 Å². The first-order valence-electron chi connectivity index (χ1n) is 27.9. The third-order valence-corrected chi connectivity index (χ3v) is 15.4. The Labute approximate surface area is 465 Å². The number of fused-ring (bicyclic) bond motifs is 1. The number of Topliss-reactive ketones (excluding diaryl/α,β-unsaturated/α-hetero) is 2. The lowest BCUT2D eigenvalue weighted by Gasteiger charge is -2.36. The lowest BCUT2D eigenvalue weighted by atomic mass is 9.91. The first-order valence-corrected chi connectivity index (χ1v) is 27.9. The fourth-order valence-corrected chi connectivity index (χ4v) is 10.5. The molecule has 3 saturated heterocycles. The molecule has 4 N–H and O–H groups in total. The van der Waals surface area contributed by atoms with E-state index in [4.69, 9.17) is 14.2 Å². The number of cyclic esters (lactones) is 2. The molecule has 1 aromatic rings. The molecule has 3 aliphatic rings. The van der Waals surface area contributed by atoms with Gasteiger partial charge in [0.15, 0.2) is 11.9 Å². The van der Waals surface area contributed by atoms with Gasteiger partial charge in [0.1, 0.15) is 48.1 Å². The molecule has 0 unspecified atom stereocenters. The molecule has 3 fully saturated rings. The number of nitrogens with zero attached hydrogens (tertiary/aromatic N) is 4. The van der Waals surface area contributed by atoms with Crippen LogP contribution in [0.25, 0.3) is 0 Å². The maximum absolute atomic E-state index is 15.0. The van der Waals surface area contributed by atoms with Crippen LogP contribution in [0.4, 0.5) is 0 Å². The third-order valence-electron chi connectivity index (χ3n) is 15.4. The monoisotopic (exact) mass is 1110 g/mol. The van der Waals surface area contributed by atoms with Crippen LogP contribution in [0.15, 0.2) is 24.3 Å². The molecule has 0 radical (unpaired) electrons. The molecule has 22 nitrogen and oxygen atoms in total. The van der Waals surface area contributed by atoms with Gasteiger partial charge in [-0.2, -0.15) is 0 Å². The summed E-state index contributed by atoms with van der Waals surface area (Å²) in [5.74, 6) is -11.3. The lowest BCUT2D eigenvalue weighted by Crippen LogP contribution is -2.62. The zero-order valence-corrected chi connectivity index (χ0v) is 48.7. The molecule has 3 aliphatic heterocycles. The standard InChI is InChI=1S/C57H87N7O15/c1-15-33(8)46-44(66)29-45(67)79-49(32(6)7)48(68)34(9)50(69)58-39(26-30(2)3)54(73)64-25-17-19-41(64)56(75)62(13)43(28-37-20-22-38(77-14)23-21-37)57(76)78-36(11)47(52(71)59-46)60-51(70)42(27-31(4)5)61(12)55(74)40-18-16-24-63(40)53(72)35(10)65/h20-23,30-34,36,39-44,46-47,49,66H,15-19,24-29H2,1-14H3,(H,58,69)(H,59,71)(H,60,70)/t33-,34-,36+,39-,40-,41-,42-,43-,44-,46+,47-,49-/m0/s1. The van der Waals surface area contributed by atoms with Crippen molar-refractivity contribution in [3.8, 4) is 5.75 Å². The number of methoxy groups -OCH3 is 1. The van der Waals surface area contributed by atoms with E-state index in [1.165, 1.54) is 54.7 Å². The highest BCUT2D eigenvalue weighted by atomic mass is 16.6. The van der Waals surface area contributed by atoms with Gasteiger partial charge in [-0.15, -0.1) is 0 Å². The molecule has 1 aromatic carbocycles. The molecule has 7 amide bonds. The summed E-state index contributed by atoms with van der Waals surface area (Å²) in [6.45, 7) is 18.1. The predicted molar refractivity (Wildman–Crippen MR) is 289 cm³/mol. The third kappa shape index (κ3) is 16.8. The molecule has 4 rings (SSSR count). The van der Waals surface area contributed by atoms with Crippen molar-refractivity contribution in [2.24, 2.45) is 29.6 Å². The van der Waals surface area contributed by atoms with E-state index in [-0.39, 0.29) is 57.0 Å². The Kier molecular flexibility index (Phi) is 24.0. The molecule has 0 spiro atoms. The van der Waals surface area contributed by atoms with Crippen LogP contribution in [0.5, 0.6) is 5.75 Å². The minimum absolute atomic E-state index is 0.0545. The average Bonchev–Trinajstić information content (AvgIpc) is 4.13. The van der Waals surface area contributed by atoms with Gasteiger partial charge in [-0.3, -0.25) is 47.9 Å². The minimum Gasteiger partial charge on any atom is -0.497 e. The van der Waals surface area contributed by atoms with Gasteiger partial charge < -0.3 is 54.9 Å². The van der Waals surface area contributed by atoms with Crippen molar-refractivity contribution in [3.05, 3.63) is 29.8 Å². The van der Waals surface area contributed by atoms with Gasteiger partial charge in [0.05, 0.1) is 31.6 Å². The van der Waals surface area contributed by atoms with Crippen molar-refractivity contribution in [1.82, 2.24) is 35.6 Å². The Hall–Kier alpha value is -6.45. The van der Waals surface area contributed by atoms with Gasteiger partial charge in [0.2, 0.25) is 41.2 Å². The number of amides is 7. The molecular formula is C57H87N7O15. The second-order valence-corrected chi connectivity index (χ2v) is 22.8. The number of hydrogen-bond acceptors (Lipinski definition) is 15. The van der Waals surface area contributed by atoms with E-state index in [1.54, 1.807) is 52.0 Å². The quantitative estimate of drug-likeness (QED) is 0.112. The maximum atomic E-state index is 15.0. The second kappa shape index (κ2) is 29.1. The summed E-state index contributed by atoms with van der Waals surface area (Å²) < 4.78 is 17.2. The number of carbonyl (C=O) groups is 11. The summed E-state index contributed by atoms with van der Waals surface area (Å²) in [7, 11) is 4.26. The molecule has 79 heavy (non-hydrogen) atoms. The van der Waals surface area contributed by atoms with E-state index in [2.05, 4.69) is 16.0 Å². The Bertz CT molecular complexity index is 2380. The smallest absolute Gasteiger partial charge is 0.329 e. The van der Waals surface area contributed by atoms with Crippen LogP contribution in [0, 0.1) is 29.6 Å². The normalized spacial score (nSPS) is 27.2. The summed E-state index contributed by atoms with van der Waals surface area (Å²) in [5.41, 5.74) is 0.566. The Balaban J connectivity index is 1.89. The maximum Gasteiger partial charge on any atom is 0.329 e. The number of benzene rings is 1. The number of ketones is 2. The molecular weight excluding hydrogens is 1020 g/mol. The van der Waals surface area contributed by atoms with Crippen molar-refractivity contribution in [3.63, 3.8) is 0 Å². The summed E-state index contributed by atoms with van der Waals surface area (Å²) in [4.78, 5) is 160. The summed E-state index contributed by atoms with van der Waals surface area (Å²) >= 11 is 0. The van der Waals surface area contributed by atoms with Crippen molar-refractivity contribution in [2.45, 2.75) is 195 Å². The van der Waals surface area contributed by atoms with E-state index in [0.717, 1.165) is 6.92 Å². The zero-order chi connectivity index (χ0) is 59.3. The first kappa shape index (κ1) is 65.1.